The fraction of sp³-hybridized carbons (Fsp3) is 0.133. The van der Waals surface area contributed by atoms with Crippen LogP contribution in [0, 0.1) is 11.6 Å². The largest absolute Gasteiger partial charge is 0.423 e. The number of aryl methyl sites for hydroxylation is 1. The average molecular weight is 360 g/mol. The monoisotopic (exact) mass is 360 g/mol. The number of aromatic nitrogens is 5. The normalized spacial score (nSPS) is 11.3. The van der Waals surface area contributed by atoms with E-state index in [0.717, 1.165) is 18.3 Å². The summed E-state index contributed by atoms with van der Waals surface area (Å²) in [4.78, 5) is 35.6. The number of benzene rings is 1. The van der Waals surface area contributed by atoms with Crippen LogP contribution in [-0.2, 0) is 18.4 Å². The van der Waals surface area contributed by atoms with Gasteiger partial charge in [0, 0.05) is 19.2 Å². The second kappa shape index (κ2) is 5.72. The average Bonchev–Trinajstić information content (AvgIpc) is 3.15. The Morgan fingerprint density at radius 2 is 2.00 bits per heavy atom. The lowest BCUT2D eigenvalue weighted by Gasteiger charge is -2.03. The van der Waals surface area contributed by atoms with Crippen LogP contribution in [0.15, 0.2) is 33.9 Å². The first-order valence-corrected chi connectivity index (χ1v) is 7.34. The van der Waals surface area contributed by atoms with Crippen LogP contribution in [0.1, 0.15) is 0 Å². The molecule has 0 aliphatic heterocycles. The number of carbonyl (C=O) groups excluding carboxylic acids is 1. The molecular weight excluding hydrogens is 350 g/mol. The Hall–Kier alpha value is -3.63. The van der Waals surface area contributed by atoms with Gasteiger partial charge in [-0.3, -0.25) is 19.5 Å². The molecule has 1 aromatic carbocycles. The van der Waals surface area contributed by atoms with Crippen LogP contribution in [0.5, 0.6) is 0 Å². The van der Waals surface area contributed by atoms with Crippen LogP contribution in [0.4, 0.5) is 14.8 Å². The zero-order chi connectivity index (χ0) is 18.4. The minimum Gasteiger partial charge on any atom is -0.423 e. The first-order chi connectivity index (χ1) is 12.4. The van der Waals surface area contributed by atoms with Crippen molar-refractivity contribution in [3.63, 3.8) is 0 Å². The molecule has 0 fully saturated rings. The van der Waals surface area contributed by atoms with Gasteiger partial charge in [0.2, 0.25) is 5.91 Å². The summed E-state index contributed by atoms with van der Waals surface area (Å²) in [7, 11) is 1.54. The van der Waals surface area contributed by atoms with Gasteiger partial charge in [-0.1, -0.05) is 0 Å². The third-order valence-electron chi connectivity index (χ3n) is 3.73. The quantitative estimate of drug-likeness (QED) is 0.588. The molecule has 0 aliphatic rings. The maximum absolute atomic E-state index is 13.2. The third-order valence-corrected chi connectivity index (χ3v) is 3.73. The molecule has 0 bridgehead atoms. The van der Waals surface area contributed by atoms with Crippen molar-refractivity contribution in [2.24, 2.45) is 7.05 Å². The number of carbonyl (C=O) groups is 1. The number of halogens is 2. The summed E-state index contributed by atoms with van der Waals surface area (Å²) in [6.45, 7) is -0.177. The van der Waals surface area contributed by atoms with E-state index in [1.807, 2.05) is 0 Å². The van der Waals surface area contributed by atoms with Crippen molar-refractivity contribution in [3.05, 3.63) is 46.6 Å². The van der Waals surface area contributed by atoms with Crippen molar-refractivity contribution < 1.29 is 18.0 Å². The molecule has 1 amide bonds. The standard InChI is InChI=1S/C15H10F2N6O3/c1-22-12(25)4-18-14-13(22)19-6-23(14)5-11(24)21-15-20-9-2-7(16)8(17)3-10(9)26-15/h2-4,6H,5H2,1H3,(H,20,21,24). The summed E-state index contributed by atoms with van der Waals surface area (Å²) in [5.74, 6) is -2.66. The predicted molar refractivity (Wildman–Crippen MR) is 85.3 cm³/mol. The summed E-state index contributed by atoms with van der Waals surface area (Å²) in [6.07, 6.45) is 2.50. The van der Waals surface area contributed by atoms with E-state index in [1.165, 1.54) is 15.5 Å². The van der Waals surface area contributed by atoms with E-state index < -0.39 is 17.5 Å². The molecule has 1 N–H and O–H groups in total. The van der Waals surface area contributed by atoms with Gasteiger partial charge in [0.05, 0.1) is 12.5 Å². The number of nitrogens with zero attached hydrogens (tertiary/aromatic N) is 5. The Labute approximate surface area is 142 Å². The summed E-state index contributed by atoms with van der Waals surface area (Å²) >= 11 is 0. The molecule has 4 aromatic rings. The van der Waals surface area contributed by atoms with E-state index in [-0.39, 0.29) is 29.2 Å². The van der Waals surface area contributed by atoms with Gasteiger partial charge in [0.25, 0.3) is 5.56 Å². The van der Waals surface area contributed by atoms with Crippen molar-refractivity contribution in [2.75, 3.05) is 5.32 Å². The van der Waals surface area contributed by atoms with E-state index >= 15 is 0 Å². The predicted octanol–water partition coefficient (Wildman–Crippen LogP) is 1.19. The van der Waals surface area contributed by atoms with E-state index in [4.69, 9.17) is 4.42 Å². The van der Waals surface area contributed by atoms with Gasteiger partial charge < -0.3 is 8.98 Å². The number of amides is 1. The SMILES string of the molecule is Cn1c(=O)cnc2c1ncn2CC(=O)Nc1nc2cc(F)c(F)cc2o1. The molecule has 3 aromatic heterocycles. The van der Waals surface area contributed by atoms with Crippen molar-refractivity contribution in [2.45, 2.75) is 6.54 Å². The van der Waals surface area contributed by atoms with E-state index in [9.17, 15) is 18.4 Å². The lowest BCUT2D eigenvalue weighted by Crippen LogP contribution is -2.20. The number of hydrogen-bond acceptors (Lipinski definition) is 6. The van der Waals surface area contributed by atoms with Gasteiger partial charge >= 0.3 is 6.01 Å². The van der Waals surface area contributed by atoms with Gasteiger partial charge in [-0.25, -0.2) is 18.7 Å². The Bertz CT molecular complexity index is 1190. The number of imidazole rings is 1. The minimum absolute atomic E-state index is 0.00365. The number of anilines is 1. The fourth-order valence-electron chi connectivity index (χ4n) is 2.45. The Kier molecular flexibility index (Phi) is 3.49. The van der Waals surface area contributed by atoms with Gasteiger partial charge in [0.1, 0.15) is 12.1 Å². The van der Waals surface area contributed by atoms with Gasteiger partial charge in [-0.2, -0.15) is 4.98 Å². The first kappa shape index (κ1) is 15.9. The molecule has 0 unspecified atom stereocenters. The molecule has 26 heavy (non-hydrogen) atoms. The van der Waals surface area contributed by atoms with Crippen LogP contribution >= 0.6 is 0 Å². The van der Waals surface area contributed by atoms with Crippen LogP contribution in [0.3, 0.4) is 0 Å². The minimum atomic E-state index is -1.08. The van der Waals surface area contributed by atoms with Gasteiger partial charge in [-0.15, -0.1) is 0 Å². The maximum atomic E-state index is 13.2. The van der Waals surface area contributed by atoms with E-state index in [1.54, 1.807) is 7.05 Å². The molecule has 4 rings (SSSR count). The van der Waals surface area contributed by atoms with Gasteiger partial charge in [-0.05, 0) is 0 Å². The highest BCUT2D eigenvalue weighted by atomic mass is 19.2. The summed E-state index contributed by atoms with van der Waals surface area (Å²) in [6, 6.07) is 1.53. The Balaban J connectivity index is 1.58. The smallest absolute Gasteiger partial charge is 0.302 e. The Morgan fingerprint density at radius 1 is 1.23 bits per heavy atom. The number of nitrogens with one attached hydrogen (secondary N) is 1. The topological polar surface area (TPSA) is 108 Å². The molecule has 11 heteroatoms. The number of oxazole rings is 1. The highest BCUT2D eigenvalue weighted by Gasteiger charge is 2.15. The zero-order valence-electron chi connectivity index (χ0n) is 13.2. The molecule has 0 spiro atoms. The molecule has 0 atom stereocenters. The summed E-state index contributed by atoms with van der Waals surface area (Å²) < 4.78 is 34.3. The van der Waals surface area contributed by atoms with Gasteiger partial charge in [0.15, 0.2) is 28.5 Å². The fourth-order valence-corrected chi connectivity index (χ4v) is 2.45. The third kappa shape index (κ3) is 2.59. The number of rotatable bonds is 3. The second-order valence-corrected chi connectivity index (χ2v) is 5.48. The van der Waals surface area contributed by atoms with Crippen LogP contribution < -0.4 is 10.9 Å². The van der Waals surface area contributed by atoms with E-state index in [0.29, 0.717) is 11.3 Å². The summed E-state index contributed by atoms with van der Waals surface area (Å²) in [5, 5.41) is 2.39. The number of hydrogen-bond donors (Lipinski definition) is 1. The van der Waals surface area contributed by atoms with E-state index in [2.05, 4.69) is 20.3 Å². The molecule has 0 saturated carbocycles. The lowest BCUT2D eigenvalue weighted by atomic mass is 10.3. The first-order valence-electron chi connectivity index (χ1n) is 7.34. The molecule has 3 heterocycles. The Morgan fingerprint density at radius 3 is 2.81 bits per heavy atom. The highest BCUT2D eigenvalue weighted by Crippen LogP contribution is 2.21. The molecule has 132 valence electrons. The number of fused-ring (bicyclic) bond motifs is 2. The highest BCUT2D eigenvalue weighted by molar-refractivity contribution is 5.90. The molecule has 9 nitrogen and oxygen atoms in total. The molecule has 0 radical (unpaired) electrons. The van der Waals surface area contributed by atoms with Crippen LogP contribution in [-0.4, -0.2) is 30.0 Å². The zero-order valence-corrected chi connectivity index (χ0v) is 13.2. The summed E-state index contributed by atoms with van der Waals surface area (Å²) in [5.41, 5.74) is 0.438. The molecule has 0 aliphatic carbocycles. The van der Waals surface area contributed by atoms with Crippen molar-refractivity contribution >= 4 is 34.3 Å². The second-order valence-electron chi connectivity index (χ2n) is 5.48. The van der Waals surface area contributed by atoms with Crippen LogP contribution in [0.2, 0.25) is 0 Å². The van der Waals surface area contributed by atoms with Crippen molar-refractivity contribution in [1.29, 1.82) is 0 Å². The van der Waals surface area contributed by atoms with Crippen molar-refractivity contribution in [1.82, 2.24) is 24.1 Å². The molecule has 0 saturated heterocycles. The maximum Gasteiger partial charge on any atom is 0.302 e. The lowest BCUT2D eigenvalue weighted by molar-refractivity contribution is -0.116. The van der Waals surface area contributed by atoms with Crippen molar-refractivity contribution in [3.8, 4) is 0 Å². The molecular formula is C15H10F2N6O3. The van der Waals surface area contributed by atoms with Crippen LogP contribution in [0.25, 0.3) is 22.4 Å².